The summed E-state index contributed by atoms with van der Waals surface area (Å²) in [6, 6.07) is 0.737. The summed E-state index contributed by atoms with van der Waals surface area (Å²) in [4.78, 5) is 5.29. The molecular weight excluding hydrogens is 220 g/mol. The van der Waals surface area contributed by atoms with Gasteiger partial charge in [-0.2, -0.15) is 0 Å². The number of hydrogen-bond acceptors (Lipinski definition) is 2. The first-order valence-electron chi connectivity index (χ1n) is 8.15. The maximum Gasteiger partial charge on any atom is 0.00790 e. The van der Waals surface area contributed by atoms with E-state index >= 15 is 0 Å². The van der Waals surface area contributed by atoms with Crippen LogP contribution in [0.25, 0.3) is 0 Å². The Balaban J connectivity index is 4.04. The lowest BCUT2D eigenvalue weighted by Gasteiger charge is -2.30. The molecule has 1 atom stereocenters. The van der Waals surface area contributed by atoms with Crippen LogP contribution >= 0.6 is 0 Å². The van der Waals surface area contributed by atoms with E-state index in [9.17, 15) is 0 Å². The molecule has 2 heteroatoms. The van der Waals surface area contributed by atoms with Gasteiger partial charge < -0.3 is 9.80 Å². The highest BCUT2D eigenvalue weighted by atomic mass is 15.2. The Labute approximate surface area is 116 Å². The van der Waals surface area contributed by atoms with Crippen LogP contribution in [0.2, 0.25) is 0 Å². The van der Waals surface area contributed by atoms with Gasteiger partial charge in [-0.15, -0.1) is 0 Å². The molecule has 110 valence electrons. The molecule has 0 aliphatic heterocycles. The number of hydrogen-bond donors (Lipinski definition) is 0. The first-order chi connectivity index (χ1) is 8.69. The molecule has 0 bridgehead atoms. The van der Waals surface area contributed by atoms with Crippen LogP contribution in [0.3, 0.4) is 0 Å². The second kappa shape index (κ2) is 12.0. The second-order valence-corrected chi connectivity index (χ2v) is 5.52. The smallest absolute Gasteiger partial charge is 0.00790 e. The molecule has 0 heterocycles. The molecule has 0 N–H and O–H groups in total. The molecule has 0 aromatic rings. The summed E-state index contributed by atoms with van der Waals surface area (Å²) >= 11 is 0. The van der Waals surface area contributed by atoms with Gasteiger partial charge in [0.15, 0.2) is 0 Å². The van der Waals surface area contributed by atoms with Gasteiger partial charge in [0.2, 0.25) is 0 Å². The standard InChI is InChI=1S/C16H36N2/c1-6-11-17(12-7-2)15-10-16(5)18(13-8-3)14-9-4/h16H,6-15H2,1-5H3. The summed E-state index contributed by atoms with van der Waals surface area (Å²) < 4.78 is 0. The average Bonchev–Trinajstić information content (AvgIpc) is 2.36. The van der Waals surface area contributed by atoms with Gasteiger partial charge in [0, 0.05) is 6.04 Å². The maximum atomic E-state index is 2.66. The van der Waals surface area contributed by atoms with Crippen molar-refractivity contribution in [3.05, 3.63) is 0 Å². The molecule has 2 nitrogen and oxygen atoms in total. The van der Waals surface area contributed by atoms with Crippen LogP contribution in [-0.4, -0.2) is 48.6 Å². The third-order valence-corrected chi connectivity index (χ3v) is 3.59. The molecule has 0 aromatic heterocycles. The van der Waals surface area contributed by atoms with Crippen LogP contribution in [0.1, 0.15) is 66.7 Å². The Kier molecular flexibility index (Phi) is 11.9. The zero-order valence-electron chi connectivity index (χ0n) is 13.5. The van der Waals surface area contributed by atoms with Crippen LogP contribution in [0.5, 0.6) is 0 Å². The third-order valence-electron chi connectivity index (χ3n) is 3.59. The Hall–Kier alpha value is -0.0800. The lowest BCUT2D eigenvalue weighted by Crippen LogP contribution is -2.38. The van der Waals surface area contributed by atoms with Gasteiger partial charge in [0.25, 0.3) is 0 Å². The molecule has 0 aliphatic rings. The van der Waals surface area contributed by atoms with E-state index in [1.807, 2.05) is 0 Å². The van der Waals surface area contributed by atoms with Crippen molar-refractivity contribution in [2.45, 2.75) is 72.8 Å². The summed E-state index contributed by atoms with van der Waals surface area (Å²) in [7, 11) is 0. The highest BCUT2D eigenvalue weighted by Gasteiger charge is 2.13. The average molecular weight is 256 g/mol. The number of rotatable bonds is 12. The lowest BCUT2D eigenvalue weighted by atomic mass is 10.1. The molecule has 0 amide bonds. The molecule has 18 heavy (non-hydrogen) atoms. The van der Waals surface area contributed by atoms with Crippen LogP contribution in [0, 0.1) is 0 Å². The fourth-order valence-electron chi connectivity index (χ4n) is 2.65. The van der Waals surface area contributed by atoms with E-state index in [2.05, 4.69) is 44.4 Å². The predicted molar refractivity (Wildman–Crippen MR) is 83.3 cm³/mol. The van der Waals surface area contributed by atoms with E-state index in [-0.39, 0.29) is 0 Å². The minimum Gasteiger partial charge on any atom is -0.303 e. The highest BCUT2D eigenvalue weighted by molar-refractivity contribution is 4.69. The molecule has 0 rings (SSSR count). The zero-order valence-corrected chi connectivity index (χ0v) is 13.5. The fraction of sp³-hybridized carbons (Fsp3) is 1.00. The van der Waals surface area contributed by atoms with Crippen molar-refractivity contribution in [3.8, 4) is 0 Å². The van der Waals surface area contributed by atoms with Crippen LogP contribution in [-0.2, 0) is 0 Å². The summed E-state index contributed by atoms with van der Waals surface area (Å²) in [5.74, 6) is 0. The minimum absolute atomic E-state index is 0.737. The summed E-state index contributed by atoms with van der Waals surface area (Å²) in [6.45, 7) is 17.9. The van der Waals surface area contributed by atoms with Gasteiger partial charge >= 0.3 is 0 Å². The first kappa shape index (κ1) is 17.9. The molecule has 0 spiro atoms. The molecule has 0 aliphatic carbocycles. The largest absolute Gasteiger partial charge is 0.303 e. The van der Waals surface area contributed by atoms with E-state index in [1.54, 1.807) is 0 Å². The Morgan fingerprint density at radius 2 is 1.11 bits per heavy atom. The molecule has 0 radical (unpaired) electrons. The van der Waals surface area contributed by atoms with E-state index in [1.165, 1.54) is 64.8 Å². The Morgan fingerprint density at radius 3 is 1.50 bits per heavy atom. The summed E-state index contributed by atoms with van der Waals surface area (Å²) in [5.41, 5.74) is 0. The maximum absolute atomic E-state index is 2.66. The Bertz CT molecular complexity index is 158. The van der Waals surface area contributed by atoms with Gasteiger partial charge in [-0.05, 0) is 71.8 Å². The van der Waals surface area contributed by atoms with E-state index in [4.69, 9.17) is 0 Å². The van der Waals surface area contributed by atoms with Gasteiger partial charge in [-0.25, -0.2) is 0 Å². The topological polar surface area (TPSA) is 6.48 Å². The molecule has 0 fully saturated rings. The normalized spacial score (nSPS) is 13.5. The monoisotopic (exact) mass is 256 g/mol. The highest BCUT2D eigenvalue weighted by Crippen LogP contribution is 2.08. The van der Waals surface area contributed by atoms with Gasteiger partial charge in [-0.1, -0.05) is 27.7 Å². The third kappa shape index (κ3) is 8.10. The molecule has 0 saturated heterocycles. The zero-order chi connectivity index (χ0) is 13.8. The molecule has 0 saturated carbocycles. The Morgan fingerprint density at radius 1 is 0.667 bits per heavy atom. The molecule has 1 unspecified atom stereocenters. The minimum atomic E-state index is 0.737. The lowest BCUT2D eigenvalue weighted by molar-refractivity contribution is 0.173. The van der Waals surface area contributed by atoms with Crippen molar-refractivity contribution in [3.63, 3.8) is 0 Å². The van der Waals surface area contributed by atoms with E-state index in [0.717, 1.165) is 6.04 Å². The molecular formula is C16H36N2. The van der Waals surface area contributed by atoms with E-state index < -0.39 is 0 Å². The second-order valence-electron chi connectivity index (χ2n) is 5.52. The molecule has 0 aromatic carbocycles. The SMILES string of the molecule is CCCN(CCC)CCC(C)N(CCC)CCC. The van der Waals surface area contributed by atoms with Crippen molar-refractivity contribution in [1.29, 1.82) is 0 Å². The van der Waals surface area contributed by atoms with Crippen molar-refractivity contribution >= 4 is 0 Å². The van der Waals surface area contributed by atoms with Crippen LogP contribution < -0.4 is 0 Å². The predicted octanol–water partition coefficient (Wildman–Crippen LogP) is 4.01. The van der Waals surface area contributed by atoms with Crippen molar-refractivity contribution in [2.75, 3.05) is 32.7 Å². The van der Waals surface area contributed by atoms with Gasteiger partial charge in [0.05, 0.1) is 0 Å². The summed E-state index contributed by atoms with van der Waals surface area (Å²) in [6.07, 6.45) is 6.43. The van der Waals surface area contributed by atoms with Crippen molar-refractivity contribution < 1.29 is 0 Å². The van der Waals surface area contributed by atoms with Gasteiger partial charge in [0.1, 0.15) is 0 Å². The first-order valence-corrected chi connectivity index (χ1v) is 8.15. The quantitative estimate of drug-likeness (QED) is 0.520. The van der Waals surface area contributed by atoms with E-state index in [0.29, 0.717) is 0 Å². The van der Waals surface area contributed by atoms with Crippen molar-refractivity contribution in [1.82, 2.24) is 9.80 Å². The van der Waals surface area contributed by atoms with Crippen molar-refractivity contribution in [2.24, 2.45) is 0 Å². The van der Waals surface area contributed by atoms with Crippen LogP contribution in [0.15, 0.2) is 0 Å². The van der Waals surface area contributed by atoms with Gasteiger partial charge in [-0.3, -0.25) is 0 Å². The summed E-state index contributed by atoms with van der Waals surface area (Å²) in [5, 5.41) is 0. The van der Waals surface area contributed by atoms with Crippen LogP contribution in [0.4, 0.5) is 0 Å². The fourth-order valence-corrected chi connectivity index (χ4v) is 2.65. The number of nitrogens with zero attached hydrogens (tertiary/aromatic N) is 2.